The molecule has 0 aliphatic carbocycles. The highest BCUT2D eigenvalue weighted by Crippen LogP contribution is 2.28. The highest BCUT2D eigenvalue weighted by atomic mass is 16.5. The molecule has 1 aromatic rings. The van der Waals surface area contributed by atoms with Crippen LogP contribution >= 0.6 is 0 Å². The Morgan fingerprint density at radius 1 is 1.04 bits per heavy atom. The maximum absolute atomic E-state index is 13.0. The van der Waals surface area contributed by atoms with Gasteiger partial charge in [0.05, 0.1) is 27.2 Å². The maximum Gasteiger partial charge on any atom is 0.310 e. The summed E-state index contributed by atoms with van der Waals surface area (Å²) in [5.41, 5.74) is 0.509. The molecule has 146 valence electrons. The van der Waals surface area contributed by atoms with Crippen molar-refractivity contribution < 1.29 is 23.8 Å². The Kier molecular flexibility index (Phi) is 9.55. The van der Waals surface area contributed by atoms with Crippen LogP contribution in [0.2, 0.25) is 0 Å². The van der Waals surface area contributed by atoms with Gasteiger partial charge in [-0.05, 0) is 24.6 Å². The van der Waals surface area contributed by atoms with Crippen LogP contribution in [0, 0.1) is 5.92 Å². The van der Waals surface area contributed by atoms with Crippen molar-refractivity contribution in [2.24, 2.45) is 5.92 Å². The van der Waals surface area contributed by atoms with Crippen molar-refractivity contribution >= 4 is 11.9 Å². The van der Waals surface area contributed by atoms with Gasteiger partial charge in [0.2, 0.25) is 0 Å². The Balaban J connectivity index is 2.96. The third-order valence-electron chi connectivity index (χ3n) is 4.30. The number of hydrogen-bond donors (Lipinski definition) is 0. The van der Waals surface area contributed by atoms with E-state index in [2.05, 4.69) is 6.92 Å². The summed E-state index contributed by atoms with van der Waals surface area (Å²) in [6.07, 6.45) is 4.21. The highest BCUT2D eigenvalue weighted by molar-refractivity contribution is 5.95. The molecule has 0 aliphatic rings. The molecule has 1 aromatic carbocycles. The minimum absolute atomic E-state index is 0.127. The number of carbonyl (C=O) groups excluding carboxylic acids is 2. The van der Waals surface area contributed by atoms with Crippen LogP contribution < -0.4 is 9.47 Å². The van der Waals surface area contributed by atoms with Crippen LogP contribution in [0.3, 0.4) is 0 Å². The Morgan fingerprint density at radius 3 is 2.31 bits per heavy atom. The topological polar surface area (TPSA) is 65.1 Å². The molecule has 0 bridgehead atoms. The zero-order valence-corrected chi connectivity index (χ0v) is 16.5. The van der Waals surface area contributed by atoms with E-state index in [1.54, 1.807) is 37.1 Å². The summed E-state index contributed by atoms with van der Waals surface area (Å²) in [6.45, 7) is 4.85. The van der Waals surface area contributed by atoms with Gasteiger partial charge in [-0.3, -0.25) is 9.59 Å². The first kappa shape index (κ1) is 21.8. The summed E-state index contributed by atoms with van der Waals surface area (Å²) in [5.74, 6) is 0.254. The van der Waals surface area contributed by atoms with E-state index >= 15 is 0 Å². The van der Waals surface area contributed by atoms with Crippen molar-refractivity contribution in [3.63, 3.8) is 0 Å². The fourth-order valence-corrected chi connectivity index (χ4v) is 2.76. The summed E-state index contributed by atoms with van der Waals surface area (Å²) in [6, 6.07) is 5.10. The SMILES string of the molecule is CCCCCCN(CC(C)C(=O)OC)C(=O)c1ccc(OC)c(OC)c1. The van der Waals surface area contributed by atoms with Gasteiger partial charge in [-0.25, -0.2) is 0 Å². The molecule has 1 rings (SSSR count). The number of esters is 1. The third-order valence-corrected chi connectivity index (χ3v) is 4.30. The summed E-state index contributed by atoms with van der Waals surface area (Å²) in [7, 11) is 4.45. The van der Waals surface area contributed by atoms with E-state index < -0.39 is 0 Å². The predicted molar refractivity (Wildman–Crippen MR) is 101 cm³/mol. The van der Waals surface area contributed by atoms with E-state index in [4.69, 9.17) is 14.2 Å². The smallest absolute Gasteiger partial charge is 0.310 e. The molecule has 0 spiro atoms. The number of ether oxygens (including phenoxy) is 3. The lowest BCUT2D eigenvalue weighted by molar-refractivity contribution is -0.145. The van der Waals surface area contributed by atoms with Crippen LogP contribution in [-0.4, -0.2) is 51.2 Å². The molecule has 0 fully saturated rings. The molecule has 0 aromatic heterocycles. The molecular weight excluding hydrogens is 334 g/mol. The van der Waals surface area contributed by atoms with Gasteiger partial charge in [0.1, 0.15) is 0 Å². The van der Waals surface area contributed by atoms with E-state index in [1.807, 2.05) is 0 Å². The number of hydrogen-bond acceptors (Lipinski definition) is 5. The van der Waals surface area contributed by atoms with Crippen molar-refractivity contribution in [1.82, 2.24) is 4.90 Å². The molecule has 1 atom stereocenters. The number of methoxy groups -OCH3 is 3. The van der Waals surface area contributed by atoms with Crippen LogP contribution in [0.15, 0.2) is 18.2 Å². The Hall–Kier alpha value is -2.24. The van der Waals surface area contributed by atoms with Gasteiger partial charge in [0.25, 0.3) is 5.91 Å². The second-order valence-corrected chi connectivity index (χ2v) is 6.31. The molecule has 0 heterocycles. The average Bonchev–Trinajstić information content (AvgIpc) is 2.68. The number of benzene rings is 1. The normalized spacial score (nSPS) is 11.6. The Labute approximate surface area is 156 Å². The van der Waals surface area contributed by atoms with E-state index in [0.717, 1.165) is 25.7 Å². The summed E-state index contributed by atoms with van der Waals surface area (Å²) >= 11 is 0. The quantitative estimate of drug-likeness (QED) is 0.443. The second kappa shape index (κ2) is 11.4. The zero-order valence-electron chi connectivity index (χ0n) is 16.5. The van der Waals surface area contributed by atoms with Crippen molar-refractivity contribution in [1.29, 1.82) is 0 Å². The number of nitrogens with zero attached hydrogens (tertiary/aromatic N) is 1. The van der Waals surface area contributed by atoms with Gasteiger partial charge >= 0.3 is 5.97 Å². The summed E-state index contributed by atoms with van der Waals surface area (Å²) in [4.78, 5) is 26.5. The van der Waals surface area contributed by atoms with Crippen LogP contribution in [0.25, 0.3) is 0 Å². The van der Waals surface area contributed by atoms with Gasteiger partial charge in [-0.2, -0.15) is 0 Å². The summed E-state index contributed by atoms with van der Waals surface area (Å²) in [5, 5.41) is 0. The lowest BCUT2D eigenvalue weighted by Gasteiger charge is -2.25. The Bertz CT molecular complexity index is 588. The third kappa shape index (κ3) is 6.24. The molecule has 1 amide bonds. The van der Waals surface area contributed by atoms with Crippen LogP contribution in [0.5, 0.6) is 11.5 Å². The molecule has 0 saturated carbocycles. The van der Waals surface area contributed by atoms with Crippen molar-refractivity contribution in [2.45, 2.75) is 39.5 Å². The van der Waals surface area contributed by atoms with Crippen LogP contribution in [-0.2, 0) is 9.53 Å². The molecule has 0 aliphatic heterocycles. The highest BCUT2D eigenvalue weighted by Gasteiger charge is 2.23. The molecule has 0 radical (unpaired) electrons. The molecule has 1 unspecified atom stereocenters. The van der Waals surface area contributed by atoms with E-state index in [-0.39, 0.29) is 17.8 Å². The number of unbranched alkanes of at least 4 members (excludes halogenated alkanes) is 3. The van der Waals surface area contributed by atoms with E-state index in [0.29, 0.717) is 30.2 Å². The first-order chi connectivity index (χ1) is 12.5. The van der Waals surface area contributed by atoms with Gasteiger partial charge in [0.15, 0.2) is 11.5 Å². The number of carbonyl (C=O) groups is 2. The minimum atomic E-state index is -0.379. The largest absolute Gasteiger partial charge is 0.493 e. The molecule has 0 N–H and O–H groups in total. The van der Waals surface area contributed by atoms with Gasteiger partial charge in [0, 0.05) is 18.7 Å². The van der Waals surface area contributed by atoms with E-state index in [1.165, 1.54) is 14.2 Å². The maximum atomic E-state index is 13.0. The molecule has 26 heavy (non-hydrogen) atoms. The molecule has 0 saturated heterocycles. The van der Waals surface area contributed by atoms with Crippen molar-refractivity contribution in [2.75, 3.05) is 34.4 Å². The second-order valence-electron chi connectivity index (χ2n) is 6.31. The zero-order chi connectivity index (χ0) is 19.5. The monoisotopic (exact) mass is 365 g/mol. The Morgan fingerprint density at radius 2 is 1.73 bits per heavy atom. The lowest BCUT2D eigenvalue weighted by Crippen LogP contribution is -2.38. The first-order valence-electron chi connectivity index (χ1n) is 9.07. The fourth-order valence-electron chi connectivity index (χ4n) is 2.76. The number of amides is 1. The van der Waals surface area contributed by atoms with Gasteiger partial charge < -0.3 is 19.1 Å². The summed E-state index contributed by atoms with van der Waals surface area (Å²) < 4.78 is 15.3. The molecular formula is C20H31NO5. The lowest BCUT2D eigenvalue weighted by atomic mass is 10.1. The van der Waals surface area contributed by atoms with Crippen LogP contribution in [0.1, 0.15) is 49.9 Å². The first-order valence-corrected chi connectivity index (χ1v) is 9.07. The van der Waals surface area contributed by atoms with Gasteiger partial charge in [-0.15, -0.1) is 0 Å². The minimum Gasteiger partial charge on any atom is -0.493 e. The van der Waals surface area contributed by atoms with Gasteiger partial charge in [-0.1, -0.05) is 33.1 Å². The predicted octanol–water partition coefficient (Wildman–Crippen LogP) is 3.54. The molecule has 6 nitrogen and oxygen atoms in total. The fraction of sp³-hybridized carbons (Fsp3) is 0.600. The number of rotatable bonds is 11. The van der Waals surface area contributed by atoms with E-state index in [9.17, 15) is 9.59 Å². The average molecular weight is 365 g/mol. The van der Waals surface area contributed by atoms with Crippen molar-refractivity contribution in [3.05, 3.63) is 23.8 Å². The molecule has 6 heteroatoms. The standard InChI is InChI=1S/C20H31NO5/c1-6-7-8-9-12-21(14-15(2)20(23)26-5)19(22)16-10-11-17(24-3)18(13-16)25-4/h10-11,13,15H,6-9,12,14H2,1-5H3. The van der Waals surface area contributed by atoms with Crippen LogP contribution in [0.4, 0.5) is 0 Å². The van der Waals surface area contributed by atoms with Crippen molar-refractivity contribution in [3.8, 4) is 11.5 Å².